The zero-order chi connectivity index (χ0) is 13.0. The molecule has 2 aromatic rings. The summed E-state index contributed by atoms with van der Waals surface area (Å²) in [6.07, 6.45) is 6.71. The Labute approximate surface area is 113 Å². The number of nitrogen functional groups attached to an aromatic ring is 1. The fraction of sp³-hybridized carbons (Fsp3) is 0.562. The number of fused-ring (bicyclic) bond motifs is 1. The molecular formula is C16H21N3. The molecule has 2 aliphatic rings. The van der Waals surface area contributed by atoms with Crippen molar-refractivity contribution < 1.29 is 0 Å². The molecule has 4 rings (SSSR count). The standard InChI is InChI=1S/C16H21N3/c1-2-15-18-13-9-12(17)5-6-14(13)19(15)10-16(7-8-16)11-3-4-11/h5-6,9,11H,2-4,7-8,10,17H2,1H3. The van der Waals surface area contributed by atoms with Crippen LogP contribution in [0.1, 0.15) is 38.4 Å². The van der Waals surface area contributed by atoms with E-state index in [1.165, 1.54) is 43.6 Å². The smallest absolute Gasteiger partial charge is 0.109 e. The van der Waals surface area contributed by atoms with E-state index in [0.29, 0.717) is 5.41 Å². The molecule has 3 heteroatoms. The van der Waals surface area contributed by atoms with Crippen LogP contribution < -0.4 is 5.73 Å². The highest BCUT2D eigenvalue weighted by Gasteiger charge is 2.54. The van der Waals surface area contributed by atoms with Gasteiger partial charge in [-0.25, -0.2) is 4.98 Å². The fourth-order valence-electron chi connectivity index (χ4n) is 3.51. The number of nitrogens with two attached hydrogens (primary N) is 1. The number of imidazole rings is 1. The van der Waals surface area contributed by atoms with Crippen LogP contribution in [-0.2, 0) is 13.0 Å². The Morgan fingerprint density at radius 3 is 2.79 bits per heavy atom. The molecule has 100 valence electrons. The van der Waals surface area contributed by atoms with Crippen molar-refractivity contribution >= 4 is 16.7 Å². The molecular weight excluding hydrogens is 234 g/mol. The molecule has 0 aliphatic heterocycles. The van der Waals surface area contributed by atoms with Crippen LogP contribution in [0.2, 0.25) is 0 Å². The normalized spacial score (nSPS) is 20.9. The average molecular weight is 255 g/mol. The van der Waals surface area contributed by atoms with Gasteiger partial charge in [0.2, 0.25) is 0 Å². The molecule has 0 bridgehead atoms. The summed E-state index contributed by atoms with van der Waals surface area (Å²) in [4.78, 5) is 4.77. The molecule has 0 amide bonds. The Bertz CT molecular complexity index is 633. The number of aromatic nitrogens is 2. The number of aryl methyl sites for hydroxylation is 1. The van der Waals surface area contributed by atoms with E-state index in [1.54, 1.807) is 0 Å². The minimum Gasteiger partial charge on any atom is -0.399 e. The first kappa shape index (κ1) is 11.3. The quantitative estimate of drug-likeness (QED) is 0.851. The van der Waals surface area contributed by atoms with Gasteiger partial charge in [-0.1, -0.05) is 6.92 Å². The van der Waals surface area contributed by atoms with Gasteiger partial charge < -0.3 is 10.3 Å². The Morgan fingerprint density at radius 2 is 2.16 bits per heavy atom. The molecule has 0 spiro atoms. The molecule has 1 heterocycles. The van der Waals surface area contributed by atoms with Crippen LogP contribution >= 0.6 is 0 Å². The molecule has 2 fully saturated rings. The third kappa shape index (κ3) is 1.75. The van der Waals surface area contributed by atoms with Crippen molar-refractivity contribution in [1.82, 2.24) is 9.55 Å². The van der Waals surface area contributed by atoms with E-state index in [0.717, 1.165) is 23.5 Å². The molecule has 2 N–H and O–H groups in total. The summed E-state index contributed by atoms with van der Waals surface area (Å²) in [5, 5.41) is 0. The number of hydrogen-bond donors (Lipinski definition) is 1. The van der Waals surface area contributed by atoms with Gasteiger partial charge in [0.25, 0.3) is 0 Å². The Kier molecular flexibility index (Phi) is 2.23. The molecule has 19 heavy (non-hydrogen) atoms. The first-order valence-electron chi connectivity index (χ1n) is 7.46. The van der Waals surface area contributed by atoms with Gasteiger partial charge in [-0.3, -0.25) is 0 Å². The van der Waals surface area contributed by atoms with Crippen LogP contribution in [0, 0.1) is 11.3 Å². The number of anilines is 1. The van der Waals surface area contributed by atoms with Gasteiger partial charge in [0.05, 0.1) is 11.0 Å². The third-order valence-corrected chi connectivity index (χ3v) is 4.98. The van der Waals surface area contributed by atoms with Gasteiger partial charge >= 0.3 is 0 Å². The van der Waals surface area contributed by atoms with Crippen molar-refractivity contribution in [2.45, 2.75) is 45.6 Å². The molecule has 1 aromatic heterocycles. The van der Waals surface area contributed by atoms with Crippen molar-refractivity contribution in [3.8, 4) is 0 Å². The highest BCUT2D eigenvalue weighted by molar-refractivity contribution is 5.79. The van der Waals surface area contributed by atoms with Crippen molar-refractivity contribution in [3.63, 3.8) is 0 Å². The number of hydrogen-bond acceptors (Lipinski definition) is 2. The zero-order valence-corrected chi connectivity index (χ0v) is 11.5. The monoisotopic (exact) mass is 255 g/mol. The van der Waals surface area contributed by atoms with Crippen LogP contribution in [0.3, 0.4) is 0 Å². The SMILES string of the molecule is CCc1nc2cc(N)ccc2n1CC1(C2CC2)CC1. The lowest BCUT2D eigenvalue weighted by molar-refractivity contribution is 0.369. The highest BCUT2D eigenvalue weighted by atomic mass is 15.1. The second-order valence-corrected chi connectivity index (χ2v) is 6.35. The maximum absolute atomic E-state index is 5.87. The third-order valence-electron chi connectivity index (χ3n) is 4.98. The minimum absolute atomic E-state index is 0.610. The summed E-state index contributed by atoms with van der Waals surface area (Å²) in [5.41, 5.74) is 9.61. The predicted octanol–water partition coefficient (Wildman–Crippen LogP) is 3.37. The first-order valence-corrected chi connectivity index (χ1v) is 7.46. The minimum atomic E-state index is 0.610. The predicted molar refractivity (Wildman–Crippen MR) is 77.9 cm³/mol. The van der Waals surface area contributed by atoms with Crippen LogP contribution in [0.5, 0.6) is 0 Å². The molecule has 1 aromatic carbocycles. The van der Waals surface area contributed by atoms with E-state index in [-0.39, 0.29) is 0 Å². The van der Waals surface area contributed by atoms with Gasteiger partial charge in [0.1, 0.15) is 5.82 Å². The lowest BCUT2D eigenvalue weighted by Gasteiger charge is -2.17. The lowest BCUT2D eigenvalue weighted by atomic mass is 10.0. The van der Waals surface area contributed by atoms with Crippen LogP contribution in [0.4, 0.5) is 5.69 Å². The highest BCUT2D eigenvalue weighted by Crippen LogP contribution is 2.62. The zero-order valence-electron chi connectivity index (χ0n) is 11.5. The van der Waals surface area contributed by atoms with E-state index in [4.69, 9.17) is 10.7 Å². The second-order valence-electron chi connectivity index (χ2n) is 6.35. The van der Waals surface area contributed by atoms with Crippen molar-refractivity contribution in [1.29, 1.82) is 0 Å². The molecule has 0 atom stereocenters. The van der Waals surface area contributed by atoms with Crippen molar-refractivity contribution in [3.05, 3.63) is 24.0 Å². The maximum Gasteiger partial charge on any atom is 0.109 e. The van der Waals surface area contributed by atoms with E-state index >= 15 is 0 Å². The van der Waals surface area contributed by atoms with Crippen LogP contribution in [0.15, 0.2) is 18.2 Å². The van der Waals surface area contributed by atoms with Gasteiger partial charge in [-0.05, 0) is 55.2 Å². The average Bonchev–Trinajstić information content (AvgIpc) is 3.27. The number of benzene rings is 1. The van der Waals surface area contributed by atoms with E-state index in [1.807, 2.05) is 12.1 Å². The van der Waals surface area contributed by atoms with Crippen LogP contribution in [-0.4, -0.2) is 9.55 Å². The summed E-state index contributed by atoms with van der Waals surface area (Å²) in [5.74, 6) is 2.20. The Morgan fingerprint density at radius 1 is 1.37 bits per heavy atom. The van der Waals surface area contributed by atoms with Gasteiger partial charge in [-0.15, -0.1) is 0 Å². The Balaban J connectivity index is 1.78. The van der Waals surface area contributed by atoms with E-state index < -0.39 is 0 Å². The maximum atomic E-state index is 5.87. The molecule has 2 saturated carbocycles. The summed E-state index contributed by atoms with van der Waals surface area (Å²) in [7, 11) is 0. The van der Waals surface area contributed by atoms with Crippen molar-refractivity contribution in [2.75, 3.05) is 5.73 Å². The molecule has 0 saturated heterocycles. The molecule has 3 nitrogen and oxygen atoms in total. The van der Waals surface area contributed by atoms with Gasteiger partial charge in [0.15, 0.2) is 0 Å². The van der Waals surface area contributed by atoms with Gasteiger partial charge in [0, 0.05) is 18.7 Å². The molecule has 0 unspecified atom stereocenters. The fourth-order valence-corrected chi connectivity index (χ4v) is 3.51. The summed E-state index contributed by atoms with van der Waals surface area (Å²) in [6, 6.07) is 6.14. The summed E-state index contributed by atoms with van der Waals surface area (Å²) in [6.45, 7) is 3.36. The van der Waals surface area contributed by atoms with E-state index in [9.17, 15) is 0 Å². The summed E-state index contributed by atoms with van der Waals surface area (Å²) >= 11 is 0. The largest absolute Gasteiger partial charge is 0.399 e. The van der Waals surface area contributed by atoms with E-state index in [2.05, 4.69) is 17.6 Å². The first-order chi connectivity index (χ1) is 9.22. The molecule has 2 aliphatic carbocycles. The second kappa shape index (κ2) is 3.75. The number of rotatable bonds is 4. The summed E-state index contributed by atoms with van der Waals surface area (Å²) < 4.78 is 2.46. The van der Waals surface area contributed by atoms with Crippen molar-refractivity contribution in [2.24, 2.45) is 11.3 Å². The molecule has 0 radical (unpaired) electrons. The Hall–Kier alpha value is -1.51. The topological polar surface area (TPSA) is 43.8 Å². The lowest BCUT2D eigenvalue weighted by Crippen LogP contribution is -2.15. The van der Waals surface area contributed by atoms with Gasteiger partial charge in [-0.2, -0.15) is 0 Å². The number of nitrogens with zero attached hydrogens (tertiary/aromatic N) is 2. The van der Waals surface area contributed by atoms with Crippen LogP contribution in [0.25, 0.3) is 11.0 Å².